The van der Waals surface area contributed by atoms with Crippen LogP contribution in [0.15, 0.2) is 5.10 Å². The first-order valence-corrected chi connectivity index (χ1v) is 10.5. The number of hydrazone groups is 1. The maximum Gasteiger partial charge on any atom is 0.184 e. The molecule has 4 aliphatic carbocycles. The van der Waals surface area contributed by atoms with Crippen molar-refractivity contribution in [3.8, 4) is 0 Å². The van der Waals surface area contributed by atoms with Gasteiger partial charge in [-0.15, -0.1) is 0 Å². The van der Waals surface area contributed by atoms with E-state index in [0.717, 1.165) is 42.9 Å². The summed E-state index contributed by atoms with van der Waals surface area (Å²) in [5.74, 6) is 3.14. The molecule has 4 N–H and O–H groups in total. The van der Waals surface area contributed by atoms with Crippen molar-refractivity contribution in [3.63, 3.8) is 0 Å². The van der Waals surface area contributed by atoms with Crippen LogP contribution in [-0.4, -0.2) is 22.0 Å². The fourth-order valence-electron chi connectivity index (χ4n) is 7.27. The lowest BCUT2D eigenvalue weighted by Gasteiger charge is -2.60. The predicted molar refractivity (Wildman–Crippen MR) is 105 cm³/mol. The van der Waals surface area contributed by atoms with Gasteiger partial charge in [-0.05, 0) is 105 Å². The number of thiocarbonyl (C=S) groups is 1. The summed E-state index contributed by atoms with van der Waals surface area (Å²) >= 11 is 4.88. The molecule has 0 bridgehead atoms. The molecule has 0 amide bonds. The number of nitrogens with two attached hydrogens (primary N) is 1. The van der Waals surface area contributed by atoms with Crippen LogP contribution in [0.25, 0.3) is 0 Å². The Kier molecular flexibility index (Phi) is 4.39. The van der Waals surface area contributed by atoms with Gasteiger partial charge < -0.3 is 10.8 Å². The first-order valence-electron chi connectivity index (χ1n) is 10.1. The highest BCUT2D eigenvalue weighted by atomic mass is 32.1. The Morgan fingerprint density at radius 1 is 1.12 bits per heavy atom. The van der Waals surface area contributed by atoms with E-state index >= 15 is 0 Å². The van der Waals surface area contributed by atoms with E-state index < -0.39 is 0 Å². The summed E-state index contributed by atoms with van der Waals surface area (Å²) in [7, 11) is 0. The van der Waals surface area contributed by atoms with Crippen molar-refractivity contribution in [1.29, 1.82) is 0 Å². The summed E-state index contributed by atoms with van der Waals surface area (Å²) in [6, 6.07) is 0. The van der Waals surface area contributed by atoms with Gasteiger partial charge in [0.05, 0.1) is 6.10 Å². The van der Waals surface area contributed by atoms with E-state index in [4.69, 9.17) is 18.0 Å². The molecule has 4 aliphatic rings. The summed E-state index contributed by atoms with van der Waals surface area (Å²) in [6.45, 7) is 4.92. The molecule has 0 aromatic carbocycles. The van der Waals surface area contributed by atoms with Crippen LogP contribution in [0.1, 0.15) is 71.6 Å². The van der Waals surface area contributed by atoms with E-state index in [9.17, 15) is 5.11 Å². The minimum atomic E-state index is -0.0692. The maximum absolute atomic E-state index is 10.6. The van der Waals surface area contributed by atoms with Gasteiger partial charge in [-0.1, -0.05) is 13.8 Å². The zero-order valence-corrected chi connectivity index (χ0v) is 16.4. The summed E-state index contributed by atoms with van der Waals surface area (Å²) in [6.07, 6.45) is 10.8. The van der Waals surface area contributed by atoms with Crippen LogP contribution in [0.2, 0.25) is 0 Å². The summed E-state index contributed by atoms with van der Waals surface area (Å²) in [5.41, 5.74) is 10.2. The van der Waals surface area contributed by atoms with E-state index in [1.807, 2.05) is 0 Å². The van der Waals surface area contributed by atoms with E-state index in [-0.39, 0.29) is 16.6 Å². The molecule has 0 radical (unpaired) electrons. The van der Waals surface area contributed by atoms with E-state index in [2.05, 4.69) is 24.4 Å². The van der Waals surface area contributed by atoms with Crippen molar-refractivity contribution < 1.29 is 5.11 Å². The average molecular weight is 364 g/mol. The van der Waals surface area contributed by atoms with E-state index in [1.165, 1.54) is 44.2 Å². The molecule has 4 nitrogen and oxygen atoms in total. The van der Waals surface area contributed by atoms with Crippen LogP contribution < -0.4 is 11.2 Å². The largest absolute Gasteiger partial charge is 0.393 e. The molecule has 0 heterocycles. The maximum atomic E-state index is 10.6. The zero-order chi connectivity index (χ0) is 17.8. The minimum absolute atomic E-state index is 0.0692. The Morgan fingerprint density at radius 3 is 2.64 bits per heavy atom. The number of rotatable bonds is 1. The molecule has 5 heteroatoms. The van der Waals surface area contributed by atoms with Crippen LogP contribution in [0, 0.1) is 34.5 Å². The van der Waals surface area contributed by atoms with Crippen LogP contribution in [-0.2, 0) is 0 Å². The topological polar surface area (TPSA) is 70.6 Å². The number of fused-ring (bicyclic) bond motifs is 5. The SMILES string of the molecule is C[C@]12CC/C(=N/NC(N)=S)C[C@@H]1CC[C@@H]1[C@@H]2CC[C@]2(C)[C@@H](O)CC[C@@H]12. The smallest absolute Gasteiger partial charge is 0.184 e. The fourth-order valence-corrected chi connectivity index (χ4v) is 7.31. The van der Waals surface area contributed by atoms with Gasteiger partial charge in [-0.2, -0.15) is 5.10 Å². The third kappa shape index (κ3) is 2.73. The Hall–Kier alpha value is -0.680. The minimum Gasteiger partial charge on any atom is -0.393 e. The third-order valence-corrected chi connectivity index (χ3v) is 8.86. The van der Waals surface area contributed by atoms with Crippen LogP contribution in [0.5, 0.6) is 0 Å². The van der Waals surface area contributed by atoms with Crippen LogP contribution in [0.3, 0.4) is 0 Å². The summed E-state index contributed by atoms with van der Waals surface area (Å²) < 4.78 is 0. The highest BCUT2D eigenvalue weighted by molar-refractivity contribution is 7.80. The molecule has 4 rings (SSSR count). The number of hydrogen-bond acceptors (Lipinski definition) is 3. The molecular formula is C20H33N3OS. The number of nitrogens with one attached hydrogen (secondary N) is 1. The van der Waals surface area contributed by atoms with Gasteiger partial charge in [0.15, 0.2) is 5.11 Å². The fraction of sp³-hybridized carbons (Fsp3) is 0.900. The second kappa shape index (κ2) is 6.19. The lowest BCUT2D eigenvalue weighted by Crippen LogP contribution is -2.54. The van der Waals surface area contributed by atoms with Gasteiger partial charge in [0.1, 0.15) is 0 Å². The Balaban J connectivity index is 1.53. The average Bonchev–Trinajstić information content (AvgIpc) is 2.88. The van der Waals surface area contributed by atoms with Gasteiger partial charge in [-0.3, -0.25) is 5.43 Å². The van der Waals surface area contributed by atoms with Crippen molar-refractivity contribution in [2.24, 2.45) is 45.3 Å². The van der Waals surface area contributed by atoms with Gasteiger partial charge in [0.25, 0.3) is 0 Å². The first kappa shape index (κ1) is 17.7. The number of hydrogen-bond donors (Lipinski definition) is 3. The Bertz CT molecular complexity index is 593. The van der Waals surface area contributed by atoms with Crippen molar-refractivity contribution in [1.82, 2.24) is 5.43 Å². The summed E-state index contributed by atoms with van der Waals surface area (Å²) in [4.78, 5) is 0. The van der Waals surface area contributed by atoms with Crippen molar-refractivity contribution in [3.05, 3.63) is 0 Å². The normalized spacial score (nSPS) is 50.7. The Morgan fingerprint density at radius 2 is 1.88 bits per heavy atom. The molecule has 0 aromatic heterocycles. The number of nitrogens with zero attached hydrogens (tertiary/aromatic N) is 1. The molecule has 140 valence electrons. The van der Waals surface area contributed by atoms with Crippen LogP contribution >= 0.6 is 12.2 Å². The molecule has 4 saturated carbocycles. The van der Waals surface area contributed by atoms with Gasteiger partial charge in [0, 0.05) is 5.71 Å². The molecule has 0 aromatic rings. The first-order chi connectivity index (χ1) is 11.8. The monoisotopic (exact) mass is 363 g/mol. The highest BCUT2D eigenvalue weighted by Crippen LogP contribution is 2.65. The lowest BCUT2D eigenvalue weighted by atomic mass is 9.45. The molecule has 7 atom stereocenters. The molecular weight excluding hydrogens is 330 g/mol. The molecule has 0 spiro atoms. The van der Waals surface area contributed by atoms with Gasteiger partial charge in [-0.25, -0.2) is 0 Å². The van der Waals surface area contributed by atoms with Crippen molar-refractivity contribution in [2.45, 2.75) is 77.7 Å². The van der Waals surface area contributed by atoms with Crippen LogP contribution in [0.4, 0.5) is 0 Å². The summed E-state index contributed by atoms with van der Waals surface area (Å²) in [5, 5.41) is 15.3. The van der Waals surface area contributed by atoms with E-state index in [1.54, 1.807) is 0 Å². The predicted octanol–water partition coefficient (Wildman–Crippen LogP) is 3.58. The standard InChI is InChI=1S/C20H33N3OS/c1-19-9-7-13(22-23-18(21)25)11-12(19)3-4-14-15-5-6-17(24)20(15,2)10-8-16(14)19/h12,14-17,24H,3-11H2,1-2H3,(H3,21,23,25)/b22-13-/t12-,14-,15-,16-,17-,19-,20-/m0/s1. The zero-order valence-electron chi connectivity index (χ0n) is 15.6. The van der Waals surface area contributed by atoms with Gasteiger partial charge in [0.2, 0.25) is 0 Å². The second-order valence-corrected chi connectivity index (χ2v) is 10.1. The molecule has 0 unspecified atom stereocenters. The molecule has 0 aliphatic heterocycles. The van der Waals surface area contributed by atoms with Crippen molar-refractivity contribution >= 4 is 23.0 Å². The third-order valence-electron chi connectivity index (χ3n) is 8.77. The number of aliphatic hydroxyl groups is 1. The quantitative estimate of drug-likeness (QED) is 0.492. The van der Waals surface area contributed by atoms with E-state index in [0.29, 0.717) is 5.41 Å². The highest BCUT2D eigenvalue weighted by Gasteiger charge is 2.59. The molecule has 4 fully saturated rings. The van der Waals surface area contributed by atoms with Gasteiger partial charge >= 0.3 is 0 Å². The molecule has 0 saturated heterocycles. The second-order valence-electron chi connectivity index (χ2n) is 9.65. The lowest BCUT2D eigenvalue weighted by molar-refractivity contribution is -0.112. The molecule has 25 heavy (non-hydrogen) atoms. The van der Waals surface area contributed by atoms with Crippen molar-refractivity contribution in [2.75, 3.05) is 0 Å². The Labute approximate surface area is 157 Å². The number of aliphatic hydroxyl groups excluding tert-OH is 1.